The van der Waals surface area contributed by atoms with E-state index in [4.69, 9.17) is 0 Å². The van der Waals surface area contributed by atoms with E-state index in [0.29, 0.717) is 0 Å². The van der Waals surface area contributed by atoms with Crippen molar-refractivity contribution < 1.29 is 8.78 Å². The standard InChI is InChI=1S/C26H14F2/c27-15-9-11-19-17-5-1-3-7-21(17)25(23(19)13-15)26-22-8-4-2-6-18(22)20-12-10-16(28)14-24(20)26/h1-14H/b26-25-. The maximum Gasteiger partial charge on any atom is 0.123 e. The predicted molar refractivity (Wildman–Crippen MR) is 109 cm³/mol. The second kappa shape index (κ2) is 5.49. The Kier molecular flexibility index (Phi) is 3.05. The summed E-state index contributed by atoms with van der Waals surface area (Å²) >= 11 is 0. The van der Waals surface area contributed by atoms with E-state index in [2.05, 4.69) is 24.3 Å². The first-order valence-corrected chi connectivity index (χ1v) is 9.26. The van der Waals surface area contributed by atoms with E-state index in [1.807, 2.05) is 36.4 Å². The van der Waals surface area contributed by atoms with Crippen LogP contribution in [0.1, 0.15) is 22.3 Å². The van der Waals surface area contributed by atoms with Gasteiger partial charge in [-0.15, -0.1) is 0 Å². The Hall–Kier alpha value is -3.52. The fourth-order valence-electron chi connectivity index (χ4n) is 4.62. The molecule has 0 fully saturated rings. The molecule has 0 aromatic heterocycles. The lowest BCUT2D eigenvalue weighted by Crippen LogP contribution is -1.92. The molecule has 0 saturated heterocycles. The maximum absolute atomic E-state index is 14.2. The SMILES string of the molecule is Fc1ccc2c(c1)/C(=C1/c3ccccc3-c3ccc(F)cc31)c1ccccc1-2. The number of hydrogen-bond acceptors (Lipinski definition) is 0. The Morgan fingerprint density at radius 1 is 0.357 bits per heavy atom. The molecule has 0 radical (unpaired) electrons. The predicted octanol–water partition coefficient (Wildman–Crippen LogP) is 6.93. The second-order valence-electron chi connectivity index (χ2n) is 7.22. The summed E-state index contributed by atoms with van der Waals surface area (Å²) < 4.78 is 28.4. The average molecular weight is 364 g/mol. The summed E-state index contributed by atoms with van der Waals surface area (Å²) in [4.78, 5) is 0. The van der Waals surface area contributed by atoms with E-state index < -0.39 is 0 Å². The summed E-state index contributed by atoms with van der Waals surface area (Å²) in [6, 6.07) is 26.1. The summed E-state index contributed by atoms with van der Waals surface area (Å²) in [5.74, 6) is -0.536. The highest BCUT2D eigenvalue weighted by molar-refractivity contribution is 6.18. The molecule has 4 aromatic rings. The molecular formula is C26H14F2. The van der Waals surface area contributed by atoms with Crippen molar-refractivity contribution in [1.29, 1.82) is 0 Å². The fraction of sp³-hybridized carbons (Fsp3) is 0. The molecule has 0 N–H and O–H groups in total. The summed E-state index contributed by atoms with van der Waals surface area (Å²) in [6.45, 7) is 0. The molecule has 0 aliphatic heterocycles. The van der Waals surface area contributed by atoms with Crippen LogP contribution in [-0.4, -0.2) is 0 Å². The van der Waals surface area contributed by atoms with Gasteiger partial charge in [-0.1, -0.05) is 60.7 Å². The third kappa shape index (κ3) is 1.97. The minimum absolute atomic E-state index is 0.268. The van der Waals surface area contributed by atoms with Crippen LogP contribution in [0.4, 0.5) is 8.78 Å². The quantitative estimate of drug-likeness (QED) is 0.274. The zero-order chi connectivity index (χ0) is 18.8. The Morgan fingerprint density at radius 2 is 0.714 bits per heavy atom. The van der Waals surface area contributed by atoms with Gasteiger partial charge in [0.25, 0.3) is 0 Å². The van der Waals surface area contributed by atoms with Crippen LogP contribution >= 0.6 is 0 Å². The van der Waals surface area contributed by atoms with E-state index in [9.17, 15) is 8.78 Å². The summed E-state index contributed by atoms with van der Waals surface area (Å²) in [5.41, 5.74) is 10.00. The number of hydrogen-bond donors (Lipinski definition) is 0. The molecule has 0 spiro atoms. The van der Waals surface area contributed by atoms with Crippen molar-refractivity contribution in [3.8, 4) is 22.3 Å². The van der Waals surface area contributed by atoms with Crippen molar-refractivity contribution in [2.45, 2.75) is 0 Å². The smallest absolute Gasteiger partial charge is 0.123 e. The first kappa shape index (κ1) is 15.5. The molecule has 0 amide bonds. The van der Waals surface area contributed by atoms with Gasteiger partial charge in [0.05, 0.1) is 0 Å². The molecule has 4 aromatic carbocycles. The lowest BCUT2D eigenvalue weighted by atomic mass is 9.91. The van der Waals surface area contributed by atoms with Crippen LogP contribution in [0.15, 0.2) is 84.9 Å². The van der Waals surface area contributed by atoms with E-state index in [0.717, 1.165) is 55.7 Å². The zero-order valence-electron chi connectivity index (χ0n) is 14.8. The monoisotopic (exact) mass is 364 g/mol. The fourth-order valence-corrected chi connectivity index (χ4v) is 4.62. The molecule has 6 rings (SSSR count). The van der Waals surface area contributed by atoms with Crippen LogP contribution in [0.3, 0.4) is 0 Å². The molecule has 0 atom stereocenters. The van der Waals surface area contributed by atoms with Crippen molar-refractivity contribution in [2.24, 2.45) is 0 Å². The van der Waals surface area contributed by atoms with Crippen LogP contribution in [0.2, 0.25) is 0 Å². The highest BCUT2D eigenvalue weighted by atomic mass is 19.1. The molecule has 2 heteroatoms. The maximum atomic E-state index is 14.2. The van der Waals surface area contributed by atoms with Gasteiger partial charge in [0, 0.05) is 0 Å². The number of halogens is 2. The van der Waals surface area contributed by atoms with Gasteiger partial charge < -0.3 is 0 Å². The summed E-state index contributed by atoms with van der Waals surface area (Å²) in [5, 5.41) is 0. The van der Waals surface area contributed by atoms with Gasteiger partial charge in [0.1, 0.15) is 11.6 Å². The second-order valence-corrected chi connectivity index (χ2v) is 7.22. The van der Waals surface area contributed by atoms with Crippen molar-refractivity contribution in [3.05, 3.63) is 119 Å². The number of fused-ring (bicyclic) bond motifs is 6. The number of benzene rings is 4. The van der Waals surface area contributed by atoms with Crippen molar-refractivity contribution in [1.82, 2.24) is 0 Å². The van der Waals surface area contributed by atoms with Crippen molar-refractivity contribution in [2.75, 3.05) is 0 Å². The van der Waals surface area contributed by atoms with Crippen molar-refractivity contribution in [3.63, 3.8) is 0 Å². The molecule has 0 nitrogen and oxygen atoms in total. The largest absolute Gasteiger partial charge is 0.207 e. The van der Waals surface area contributed by atoms with Crippen LogP contribution in [-0.2, 0) is 0 Å². The summed E-state index contributed by atoms with van der Waals surface area (Å²) in [6.07, 6.45) is 0. The van der Waals surface area contributed by atoms with Gasteiger partial charge in [-0.3, -0.25) is 0 Å². The van der Waals surface area contributed by atoms with Gasteiger partial charge in [-0.25, -0.2) is 8.78 Å². The van der Waals surface area contributed by atoms with Gasteiger partial charge in [-0.2, -0.15) is 0 Å². The van der Waals surface area contributed by atoms with Crippen LogP contribution in [0.25, 0.3) is 33.4 Å². The number of rotatable bonds is 0. The van der Waals surface area contributed by atoms with Gasteiger partial charge in [0.15, 0.2) is 0 Å². The van der Waals surface area contributed by atoms with Crippen LogP contribution in [0, 0.1) is 11.6 Å². The van der Waals surface area contributed by atoms with Gasteiger partial charge >= 0.3 is 0 Å². The molecule has 2 aliphatic rings. The zero-order valence-corrected chi connectivity index (χ0v) is 14.8. The lowest BCUT2D eigenvalue weighted by molar-refractivity contribution is 0.627. The van der Waals surface area contributed by atoms with Crippen LogP contribution < -0.4 is 0 Å². The molecule has 132 valence electrons. The van der Waals surface area contributed by atoms with E-state index in [1.54, 1.807) is 12.1 Å². The van der Waals surface area contributed by atoms with E-state index >= 15 is 0 Å². The minimum Gasteiger partial charge on any atom is -0.207 e. The lowest BCUT2D eigenvalue weighted by Gasteiger charge is -2.11. The normalized spacial score (nSPS) is 15.8. The molecule has 0 bridgehead atoms. The van der Waals surface area contributed by atoms with Crippen LogP contribution in [0.5, 0.6) is 0 Å². The molecule has 0 unspecified atom stereocenters. The Labute approximate surface area is 161 Å². The van der Waals surface area contributed by atoms with Gasteiger partial charge in [0.2, 0.25) is 0 Å². The van der Waals surface area contributed by atoms with E-state index in [-0.39, 0.29) is 11.6 Å². The highest BCUT2D eigenvalue weighted by Crippen LogP contribution is 2.54. The third-order valence-corrected chi connectivity index (χ3v) is 5.73. The topological polar surface area (TPSA) is 0 Å². The highest BCUT2D eigenvalue weighted by Gasteiger charge is 2.32. The third-order valence-electron chi connectivity index (χ3n) is 5.73. The van der Waals surface area contributed by atoms with Gasteiger partial charge in [-0.05, 0) is 79.9 Å². The summed E-state index contributed by atoms with van der Waals surface area (Å²) in [7, 11) is 0. The molecule has 2 aliphatic carbocycles. The first-order chi connectivity index (χ1) is 13.7. The minimum atomic E-state index is -0.268. The Balaban J connectivity index is 1.82. The molecule has 28 heavy (non-hydrogen) atoms. The molecule has 0 heterocycles. The molecular weight excluding hydrogens is 350 g/mol. The Morgan fingerprint density at radius 3 is 1.14 bits per heavy atom. The average Bonchev–Trinajstić information content (AvgIpc) is 3.19. The molecule has 0 saturated carbocycles. The van der Waals surface area contributed by atoms with E-state index in [1.165, 1.54) is 12.1 Å². The van der Waals surface area contributed by atoms with Crippen molar-refractivity contribution >= 4 is 11.1 Å². The Bertz CT molecular complexity index is 1230. The first-order valence-electron chi connectivity index (χ1n) is 9.26.